The second-order valence-electron chi connectivity index (χ2n) is 4.06. The summed E-state index contributed by atoms with van der Waals surface area (Å²) in [7, 11) is 0. The molecule has 108 valence electrons. The van der Waals surface area contributed by atoms with Gasteiger partial charge in [0.05, 0.1) is 13.1 Å². The Labute approximate surface area is 130 Å². The van der Waals surface area contributed by atoms with Crippen LogP contribution in [0.4, 0.5) is 0 Å². The molecule has 1 aromatic carbocycles. The van der Waals surface area contributed by atoms with Gasteiger partial charge < -0.3 is 10.6 Å². The predicted molar refractivity (Wildman–Crippen MR) is 90.5 cm³/mol. The van der Waals surface area contributed by atoms with Crippen molar-refractivity contribution in [2.75, 3.05) is 25.9 Å². The minimum absolute atomic E-state index is 0.273. The maximum atomic E-state index is 6.03. The zero-order valence-electron chi connectivity index (χ0n) is 11.8. The van der Waals surface area contributed by atoms with Crippen LogP contribution in [0.15, 0.2) is 29.3 Å². The molecule has 0 spiro atoms. The van der Waals surface area contributed by atoms with Gasteiger partial charge >= 0.3 is 0 Å². The first kappa shape index (κ1) is 16.7. The van der Waals surface area contributed by atoms with Crippen molar-refractivity contribution in [3.8, 4) is 12.3 Å². The molecule has 0 aromatic heterocycles. The first-order valence-electron chi connectivity index (χ1n) is 6.45. The number of hydrogen-bond donors (Lipinski definition) is 2. The van der Waals surface area contributed by atoms with E-state index in [4.69, 9.17) is 18.0 Å². The fourth-order valence-corrected chi connectivity index (χ4v) is 2.51. The van der Waals surface area contributed by atoms with Crippen molar-refractivity contribution in [3.63, 3.8) is 0 Å². The van der Waals surface area contributed by atoms with E-state index in [1.807, 2.05) is 25.1 Å². The van der Waals surface area contributed by atoms with Gasteiger partial charge in [-0.15, -0.1) is 6.42 Å². The normalized spacial score (nSPS) is 12.6. The standard InChI is InChI=1S/C15H20ClN3S/c1-4-9-18-15(17-5-2)19-11-14(20-3)12-7-6-8-13(16)10-12/h1,6-8,10,14H,5,9,11H2,2-3H3,(H2,17,18,19). The molecular weight excluding hydrogens is 290 g/mol. The topological polar surface area (TPSA) is 36.4 Å². The number of nitrogens with zero attached hydrogens (tertiary/aromatic N) is 1. The minimum Gasteiger partial charge on any atom is -0.357 e. The molecular formula is C15H20ClN3S. The second-order valence-corrected chi connectivity index (χ2v) is 5.53. The Balaban J connectivity index is 2.73. The number of guanidine groups is 1. The first-order chi connectivity index (χ1) is 9.71. The number of nitrogens with one attached hydrogen (secondary N) is 2. The molecule has 0 aliphatic rings. The summed E-state index contributed by atoms with van der Waals surface area (Å²) in [6.07, 6.45) is 7.32. The molecule has 1 rings (SSSR count). The van der Waals surface area contributed by atoms with Crippen LogP contribution < -0.4 is 10.6 Å². The fraction of sp³-hybridized carbons (Fsp3) is 0.400. The van der Waals surface area contributed by atoms with Crippen LogP contribution in [0.1, 0.15) is 17.7 Å². The molecule has 1 unspecified atom stereocenters. The number of aliphatic imine (C=N–C) groups is 1. The van der Waals surface area contributed by atoms with Crippen LogP contribution >= 0.6 is 23.4 Å². The molecule has 1 atom stereocenters. The smallest absolute Gasteiger partial charge is 0.192 e. The van der Waals surface area contributed by atoms with Gasteiger partial charge in [-0.3, -0.25) is 4.99 Å². The molecule has 5 heteroatoms. The molecule has 0 heterocycles. The molecule has 0 amide bonds. The van der Waals surface area contributed by atoms with Crippen molar-refractivity contribution in [1.29, 1.82) is 0 Å². The summed E-state index contributed by atoms with van der Waals surface area (Å²) < 4.78 is 0. The van der Waals surface area contributed by atoms with Crippen LogP contribution in [-0.2, 0) is 0 Å². The van der Waals surface area contributed by atoms with Crippen LogP contribution in [-0.4, -0.2) is 31.8 Å². The molecule has 20 heavy (non-hydrogen) atoms. The van der Waals surface area contributed by atoms with Gasteiger partial charge in [-0.2, -0.15) is 11.8 Å². The molecule has 2 N–H and O–H groups in total. The van der Waals surface area contributed by atoms with E-state index >= 15 is 0 Å². The van der Waals surface area contributed by atoms with E-state index in [-0.39, 0.29) is 5.25 Å². The summed E-state index contributed by atoms with van der Waals surface area (Å²) in [6, 6.07) is 7.90. The third-order valence-corrected chi connectivity index (χ3v) is 3.85. The van der Waals surface area contributed by atoms with Crippen LogP contribution in [0.3, 0.4) is 0 Å². The van der Waals surface area contributed by atoms with Gasteiger partial charge in [-0.1, -0.05) is 29.7 Å². The number of benzene rings is 1. The van der Waals surface area contributed by atoms with Gasteiger partial charge in [0, 0.05) is 16.8 Å². The third kappa shape index (κ3) is 5.77. The Bertz CT molecular complexity index is 482. The molecule has 3 nitrogen and oxygen atoms in total. The number of thioether (sulfide) groups is 1. The summed E-state index contributed by atoms with van der Waals surface area (Å²) in [4.78, 5) is 4.56. The average Bonchev–Trinajstić information content (AvgIpc) is 2.45. The minimum atomic E-state index is 0.273. The van der Waals surface area contributed by atoms with Gasteiger partial charge in [0.25, 0.3) is 0 Å². The van der Waals surface area contributed by atoms with Crippen molar-refractivity contribution in [2.45, 2.75) is 12.2 Å². The monoisotopic (exact) mass is 309 g/mol. The zero-order valence-corrected chi connectivity index (χ0v) is 13.4. The Morgan fingerprint density at radius 1 is 1.50 bits per heavy atom. The number of rotatable bonds is 6. The SMILES string of the molecule is C#CCNC(=NCC(SC)c1cccc(Cl)c1)NCC. The van der Waals surface area contributed by atoms with E-state index in [0.29, 0.717) is 13.1 Å². The van der Waals surface area contributed by atoms with Crippen molar-refractivity contribution in [3.05, 3.63) is 34.9 Å². The third-order valence-electron chi connectivity index (χ3n) is 2.62. The summed E-state index contributed by atoms with van der Waals surface area (Å²) in [5.41, 5.74) is 1.18. The molecule has 0 bridgehead atoms. The lowest BCUT2D eigenvalue weighted by molar-refractivity contribution is 0.850. The second kappa shape index (κ2) is 9.57. The molecule has 0 saturated heterocycles. The van der Waals surface area contributed by atoms with Crippen molar-refractivity contribution in [2.24, 2.45) is 4.99 Å². The van der Waals surface area contributed by atoms with E-state index in [1.54, 1.807) is 11.8 Å². The molecule has 0 saturated carbocycles. The maximum absolute atomic E-state index is 6.03. The van der Waals surface area contributed by atoms with E-state index in [9.17, 15) is 0 Å². The van der Waals surface area contributed by atoms with Crippen molar-refractivity contribution < 1.29 is 0 Å². The van der Waals surface area contributed by atoms with Gasteiger partial charge in [-0.25, -0.2) is 0 Å². The lowest BCUT2D eigenvalue weighted by Gasteiger charge is -2.15. The predicted octanol–water partition coefficient (Wildman–Crippen LogP) is 2.93. The highest BCUT2D eigenvalue weighted by atomic mass is 35.5. The van der Waals surface area contributed by atoms with E-state index in [2.05, 4.69) is 33.9 Å². The Morgan fingerprint density at radius 3 is 2.90 bits per heavy atom. The number of halogens is 1. The van der Waals surface area contributed by atoms with Crippen LogP contribution in [0, 0.1) is 12.3 Å². The van der Waals surface area contributed by atoms with Gasteiger partial charge in [0.1, 0.15) is 0 Å². The summed E-state index contributed by atoms with van der Waals surface area (Å²) in [5, 5.41) is 7.27. The largest absolute Gasteiger partial charge is 0.357 e. The molecule has 1 aromatic rings. The molecule has 0 aliphatic carbocycles. The van der Waals surface area contributed by atoms with Crippen molar-refractivity contribution in [1.82, 2.24) is 10.6 Å². The number of terminal acetylenes is 1. The Morgan fingerprint density at radius 2 is 2.30 bits per heavy atom. The molecule has 0 aliphatic heterocycles. The number of hydrogen-bond acceptors (Lipinski definition) is 2. The zero-order chi connectivity index (χ0) is 14.8. The van der Waals surface area contributed by atoms with E-state index in [0.717, 1.165) is 17.5 Å². The maximum Gasteiger partial charge on any atom is 0.192 e. The highest BCUT2D eigenvalue weighted by Crippen LogP contribution is 2.28. The average molecular weight is 310 g/mol. The lowest BCUT2D eigenvalue weighted by Crippen LogP contribution is -2.37. The fourth-order valence-electron chi connectivity index (χ4n) is 1.67. The first-order valence-corrected chi connectivity index (χ1v) is 8.11. The van der Waals surface area contributed by atoms with Crippen molar-refractivity contribution >= 4 is 29.3 Å². The summed E-state index contributed by atoms with van der Waals surface area (Å²) >= 11 is 7.79. The van der Waals surface area contributed by atoms with Crippen LogP contribution in [0.5, 0.6) is 0 Å². The molecule has 0 fully saturated rings. The van der Waals surface area contributed by atoms with Crippen LogP contribution in [0.2, 0.25) is 5.02 Å². The van der Waals surface area contributed by atoms with E-state index < -0.39 is 0 Å². The highest BCUT2D eigenvalue weighted by molar-refractivity contribution is 7.98. The lowest BCUT2D eigenvalue weighted by atomic mass is 10.1. The Hall–Kier alpha value is -1.31. The molecule has 0 radical (unpaired) electrons. The summed E-state index contributed by atoms with van der Waals surface area (Å²) in [6.45, 7) is 3.96. The van der Waals surface area contributed by atoms with Gasteiger partial charge in [0.2, 0.25) is 0 Å². The summed E-state index contributed by atoms with van der Waals surface area (Å²) in [5.74, 6) is 3.28. The quantitative estimate of drug-likeness (QED) is 0.482. The van der Waals surface area contributed by atoms with E-state index in [1.165, 1.54) is 5.56 Å². The van der Waals surface area contributed by atoms with Gasteiger partial charge in [0.15, 0.2) is 5.96 Å². The van der Waals surface area contributed by atoms with Gasteiger partial charge in [-0.05, 0) is 30.9 Å². The van der Waals surface area contributed by atoms with Crippen LogP contribution in [0.25, 0.3) is 0 Å². The highest BCUT2D eigenvalue weighted by Gasteiger charge is 2.10. The Kier molecular flexibility index (Phi) is 8.01.